The van der Waals surface area contributed by atoms with Crippen LogP contribution in [0.25, 0.3) is 11.0 Å². The number of aromatic nitrogens is 2. The van der Waals surface area contributed by atoms with Gasteiger partial charge in [0.05, 0.1) is 16.8 Å². The lowest BCUT2D eigenvalue weighted by Gasteiger charge is -2.20. The van der Waals surface area contributed by atoms with Crippen LogP contribution in [0.2, 0.25) is 0 Å². The van der Waals surface area contributed by atoms with Crippen LogP contribution in [0.15, 0.2) is 47.4 Å². The molecule has 0 unspecified atom stereocenters. The Hall–Kier alpha value is -3.00. The third-order valence-electron chi connectivity index (χ3n) is 5.10. The second-order valence-corrected chi connectivity index (χ2v) is 8.27. The fraction of sp³-hybridized carbons (Fsp3) is 0.318. The van der Waals surface area contributed by atoms with E-state index < -0.39 is 0 Å². The molecule has 0 spiro atoms. The number of ether oxygens (including phenoxy) is 2. The SMILES string of the molecule is O=C(CSc1ccc2c(c1)OCCO2)Nc1nc2ccccc2nc1N1CCCC1. The van der Waals surface area contributed by atoms with Crippen LogP contribution in [0.3, 0.4) is 0 Å². The van der Waals surface area contributed by atoms with Gasteiger partial charge in [-0.2, -0.15) is 0 Å². The molecule has 5 rings (SSSR count). The lowest BCUT2D eigenvalue weighted by Crippen LogP contribution is -2.24. The van der Waals surface area contributed by atoms with E-state index in [2.05, 4.69) is 10.2 Å². The molecule has 7 nitrogen and oxygen atoms in total. The normalized spacial score (nSPS) is 15.4. The first-order valence-electron chi connectivity index (χ1n) is 10.1. The van der Waals surface area contributed by atoms with Gasteiger partial charge in [0.25, 0.3) is 0 Å². The summed E-state index contributed by atoms with van der Waals surface area (Å²) in [6.45, 7) is 2.97. The smallest absolute Gasteiger partial charge is 0.235 e. The van der Waals surface area contributed by atoms with Crippen LogP contribution in [0, 0.1) is 0 Å². The van der Waals surface area contributed by atoms with Crippen LogP contribution in [-0.2, 0) is 4.79 Å². The zero-order valence-corrected chi connectivity index (χ0v) is 17.3. The maximum absolute atomic E-state index is 12.7. The van der Waals surface area contributed by atoms with E-state index in [1.807, 2.05) is 42.5 Å². The van der Waals surface area contributed by atoms with Gasteiger partial charge in [0.15, 0.2) is 23.1 Å². The summed E-state index contributed by atoms with van der Waals surface area (Å²) < 4.78 is 11.2. The average molecular weight is 423 g/mol. The molecule has 0 atom stereocenters. The number of hydrogen-bond donors (Lipinski definition) is 1. The number of anilines is 2. The fourth-order valence-electron chi connectivity index (χ4n) is 3.65. The molecule has 30 heavy (non-hydrogen) atoms. The first-order chi connectivity index (χ1) is 14.8. The molecule has 2 aliphatic rings. The highest BCUT2D eigenvalue weighted by Gasteiger charge is 2.21. The minimum Gasteiger partial charge on any atom is -0.486 e. The predicted octanol–water partition coefficient (Wildman–Crippen LogP) is 3.73. The number of thioether (sulfide) groups is 1. The molecule has 0 aliphatic carbocycles. The number of nitrogens with zero attached hydrogens (tertiary/aromatic N) is 3. The number of para-hydroxylation sites is 2. The fourth-order valence-corrected chi connectivity index (χ4v) is 4.38. The summed E-state index contributed by atoms with van der Waals surface area (Å²) in [4.78, 5) is 25.3. The highest BCUT2D eigenvalue weighted by molar-refractivity contribution is 8.00. The van der Waals surface area contributed by atoms with Gasteiger partial charge in [-0.25, -0.2) is 9.97 Å². The number of benzene rings is 2. The molecule has 1 amide bonds. The van der Waals surface area contributed by atoms with Gasteiger partial charge >= 0.3 is 0 Å². The molecule has 3 aromatic rings. The van der Waals surface area contributed by atoms with Crippen LogP contribution in [0.4, 0.5) is 11.6 Å². The molecule has 0 radical (unpaired) electrons. The van der Waals surface area contributed by atoms with Crippen molar-refractivity contribution in [3.05, 3.63) is 42.5 Å². The molecule has 154 valence electrons. The van der Waals surface area contributed by atoms with E-state index in [0.29, 0.717) is 19.0 Å². The number of hydrogen-bond acceptors (Lipinski definition) is 7. The Bertz CT molecular complexity index is 1090. The Balaban J connectivity index is 1.32. The van der Waals surface area contributed by atoms with Gasteiger partial charge in [0, 0.05) is 18.0 Å². The topological polar surface area (TPSA) is 76.6 Å². The van der Waals surface area contributed by atoms with Crippen molar-refractivity contribution in [1.29, 1.82) is 0 Å². The van der Waals surface area contributed by atoms with Gasteiger partial charge in [-0.1, -0.05) is 12.1 Å². The summed E-state index contributed by atoms with van der Waals surface area (Å²) in [6.07, 6.45) is 2.25. The summed E-state index contributed by atoms with van der Waals surface area (Å²) >= 11 is 1.45. The highest BCUT2D eigenvalue weighted by Crippen LogP contribution is 2.34. The van der Waals surface area contributed by atoms with Crippen LogP contribution < -0.4 is 19.7 Å². The predicted molar refractivity (Wildman–Crippen MR) is 118 cm³/mol. The zero-order valence-electron chi connectivity index (χ0n) is 16.5. The number of amides is 1. The van der Waals surface area contributed by atoms with Gasteiger partial charge in [-0.05, 0) is 43.2 Å². The number of carbonyl (C=O) groups is 1. The van der Waals surface area contributed by atoms with Gasteiger partial charge in [0.2, 0.25) is 5.91 Å². The van der Waals surface area contributed by atoms with Crippen molar-refractivity contribution in [2.75, 3.05) is 42.3 Å². The van der Waals surface area contributed by atoms with E-state index in [9.17, 15) is 4.79 Å². The molecule has 1 N–H and O–H groups in total. The van der Waals surface area contributed by atoms with Crippen molar-refractivity contribution in [3.63, 3.8) is 0 Å². The molecule has 0 bridgehead atoms. The molecule has 0 saturated carbocycles. The largest absolute Gasteiger partial charge is 0.486 e. The summed E-state index contributed by atoms with van der Waals surface area (Å²) in [5.41, 5.74) is 1.61. The first kappa shape index (κ1) is 19.0. The third-order valence-corrected chi connectivity index (χ3v) is 6.09. The zero-order chi connectivity index (χ0) is 20.3. The van der Waals surface area contributed by atoms with Crippen molar-refractivity contribution in [3.8, 4) is 11.5 Å². The third kappa shape index (κ3) is 4.00. The summed E-state index contributed by atoms with van der Waals surface area (Å²) in [5, 5.41) is 2.98. The monoisotopic (exact) mass is 422 g/mol. The minimum absolute atomic E-state index is 0.111. The second kappa shape index (κ2) is 8.39. The van der Waals surface area contributed by atoms with Crippen LogP contribution in [0.1, 0.15) is 12.8 Å². The maximum Gasteiger partial charge on any atom is 0.235 e. The van der Waals surface area contributed by atoms with Gasteiger partial charge < -0.3 is 19.7 Å². The molecular weight excluding hydrogens is 400 g/mol. The summed E-state index contributed by atoms with van der Waals surface area (Å²) in [5.74, 6) is 2.92. The summed E-state index contributed by atoms with van der Waals surface area (Å²) in [6, 6.07) is 13.5. The van der Waals surface area contributed by atoms with Crippen LogP contribution in [-0.4, -0.2) is 47.9 Å². The van der Waals surface area contributed by atoms with E-state index in [4.69, 9.17) is 19.4 Å². The van der Waals surface area contributed by atoms with E-state index >= 15 is 0 Å². The Morgan fingerprint density at radius 1 is 1.00 bits per heavy atom. The van der Waals surface area contributed by atoms with Gasteiger partial charge in [-0.3, -0.25) is 4.79 Å². The minimum atomic E-state index is -0.111. The van der Waals surface area contributed by atoms with E-state index in [-0.39, 0.29) is 11.7 Å². The highest BCUT2D eigenvalue weighted by atomic mass is 32.2. The quantitative estimate of drug-likeness (QED) is 0.628. The average Bonchev–Trinajstić information content (AvgIpc) is 3.32. The van der Waals surface area contributed by atoms with Gasteiger partial charge in [-0.15, -0.1) is 11.8 Å². The standard InChI is InChI=1S/C22H22N4O3S/c27-20(14-30-15-7-8-18-19(13-15)29-12-11-28-18)25-21-22(26-9-3-4-10-26)24-17-6-2-1-5-16(17)23-21/h1-2,5-8,13H,3-4,9-12,14H2,(H,23,25,27). The molecule has 1 aromatic heterocycles. The number of nitrogens with one attached hydrogen (secondary N) is 1. The molecule has 2 aromatic carbocycles. The maximum atomic E-state index is 12.7. The second-order valence-electron chi connectivity index (χ2n) is 7.22. The van der Waals surface area contributed by atoms with E-state index in [1.165, 1.54) is 11.8 Å². The van der Waals surface area contributed by atoms with Crippen LogP contribution >= 0.6 is 11.8 Å². The Morgan fingerprint density at radius 2 is 1.73 bits per heavy atom. The van der Waals surface area contributed by atoms with E-state index in [1.54, 1.807) is 0 Å². The summed E-state index contributed by atoms with van der Waals surface area (Å²) in [7, 11) is 0. The molecule has 2 aliphatic heterocycles. The van der Waals surface area contributed by atoms with Crippen molar-refractivity contribution >= 4 is 40.3 Å². The van der Waals surface area contributed by atoms with E-state index in [0.717, 1.165) is 59.2 Å². The Morgan fingerprint density at radius 3 is 2.53 bits per heavy atom. The van der Waals surface area contributed by atoms with Gasteiger partial charge in [0.1, 0.15) is 13.2 Å². The molecule has 1 fully saturated rings. The Labute approximate surface area is 178 Å². The molecule has 8 heteroatoms. The van der Waals surface area contributed by atoms with Crippen molar-refractivity contribution in [1.82, 2.24) is 9.97 Å². The van der Waals surface area contributed by atoms with Crippen molar-refractivity contribution in [2.24, 2.45) is 0 Å². The molecule has 3 heterocycles. The number of rotatable bonds is 5. The van der Waals surface area contributed by atoms with Crippen LogP contribution in [0.5, 0.6) is 11.5 Å². The lowest BCUT2D eigenvalue weighted by atomic mass is 10.3. The van der Waals surface area contributed by atoms with Crippen molar-refractivity contribution in [2.45, 2.75) is 17.7 Å². The first-order valence-corrected chi connectivity index (χ1v) is 11.1. The lowest BCUT2D eigenvalue weighted by molar-refractivity contribution is -0.113. The van der Waals surface area contributed by atoms with Crippen molar-refractivity contribution < 1.29 is 14.3 Å². The molecule has 1 saturated heterocycles. The Kier molecular flexibility index (Phi) is 5.31. The number of fused-ring (bicyclic) bond motifs is 2. The number of carbonyl (C=O) groups excluding carboxylic acids is 1. The molecular formula is C22H22N4O3S.